The second-order valence-electron chi connectivity index (χ2n) is 6.46. The van der Waals surface area contributed by atoms with Gasteiger partial charge in [0.15, 0.2) is 0 Å². The fourth-order valence-electron chi connectivity index (χ4n) is 3.51. The molecule has 1 fully saturated rings. The summed E-state index contributed by atoms with van der Waals surface area (Å²) in [4.78, 5) is 11.1. The summed E-state index contributed by atoms with van der Waals surface area (Å²) in [6, 6.07) is 0.424. The molecule has 1 saturated carbocycles. The third-order valence-electron chi connectivity index (χ3n) is 3.78. The molecule has 0 aliphatic heterocycles. The fourth-order valence-corrected chi connectivity index (χ4v) is 3.51. The molecule has 0 heterocycles. The van der Waals surface area contributed by atoms with Crippen LogP contribution in [0, 0.1) is 17.3 Å². The van der Waals surface area contributed by atoms with E-state index in [9.17, 15) is 4.79 Å². The van der Waals surface area contributed by atoms with Crippen molar-refractivity contribution in [1.29, 1.82) is 0 Å². The maximum Gasteiger partial charge on any atom is 0.303 e. The highest BCUT2D eigenvalue weighted by atomic mass is 16.4. The van der Waals surface area contributed by atoms with Gasteiger partial charge in [-0.1, -0.05) is 27.7 Å². The van der Waals surface area contributed by atoms with Gasteiger partial charge in [-0.3, -0.25) is 4.79 Å². The summed E-state index contributed by atoms with van der Waals surface area (Å²) in [5.74, 6) is 0.635. The van der Waals surface area contributed by atoms with Crippen molar-refractivity contribution in [2.45, 2.75) is 59.4 Å². The monoisotopic (exact) mass is 241 g/mol. The first kappa shape index (κ1) is 14.5. The largest absolute Gasteiger partial charge is 0.481 e. The Bertz CT molecular complexity index is 253. The van der Waals surface area contributed by atoms with Crippen LogP contribution in [0.5, 0.6) is 0 Å². The van der Waals surface area contributed by atoms with Gasteiger partial charge >= 0.3 is 5.97 Å². The molecule has 0 radical (unpaired) electrons. The molecule has 0 spiro atoms. The van der Waals surface area contributed by atoms with Crippen LogP contribution in [0.4, 0.5) is 0 Å². The van der Waals surface area contributed by atoms with Crippen LogP contribution in [-0.4, -0.2) is 23.7 Å². The Balaban J connectivity index is 2.73. The van der Waals surface area contributed by atoms with Gasteiger partial charge in [0.1, 0.15) is 0 Å². The molecule has 0 aromatic heterocycles. The Kier molecular flexibility index (Phi) is 4.99. The van der Waals surface area contributed by atoms with E-state index >= 15 is 0 Å². The quantitative estimate of drug-likeness (QED) is 0.778. The van der Waals surface area contributed by atoms with Crippen LogP contribution in [0.25, 0.3) is 0 Å². The number of rotatable bonds is 5. The fraction of sp³-hybridized carbons (Fsp3) is 0.929. The van der Waals surface area contributed by atoms with E-state index in [4.69, 9.17) is 5.11 Å². The van der Waals surface area contributed by atoms with E-state index in [-0.39, 0.29) is 5.41 Å². The van der Waals surface area contributed by atoms with Gasteiger partial charge in [-0.15, -0.1) is 0 Å². The highest BCUT2D eigenvalue weighted by Crippen LogP contribution is 2.44. The van der Waals surface area contributed by atoms with E-state index in [0.29, 0.717) is 24.3 Å². The van der Waals surface area contributed by atoms with Gasteiger partial charge in [0, 0.05) is 12.6 Å². The lowest BCUT2D eigenvalue weighted by atomic mass is 9.64. The van der Waals surface area contributed by atoms with Gasteiger partial charge in [0.2, 0.25) is 0 Å². The second-order valence-corrected chi connectivity index (χ2v) is 6.46. The van der Waals surface area contributed by atoms with Gasteiger partial charge in [-0.2, -0.15) is 0 Å². The predicted molar refractivity (Wildman–Crippen MR) is 70.0 cm³/mol. The minimum Gasteiger partial charge on any atom is -0.481 e. The Morgan fingerprint density at radius 3 is 2.29 bits per heavy atom. The lowest BCUT2D eigenvalue weighted by Gasteiger charge is -2.42. The van der Waals surface area contributed by atoms with Crippen molar-refractivity contribution < 1.29 is 9.90 Å². The predicted octanol–water partition coefficient (Wildman–Crippen LogP) is 2.90. The summed E-state index contributed by atoms with van der Waals surface area (Å²) in [5.41, 5.74) is -0.0345. The zero-order valence-corrected chi connectivity index (χ0v) is 11.6. The molecule has 0 aromatic rings. The number of hydrogen-bond donors (Lipinski definition) is 2. The van der Waals surface area contributed by atoms with Crippen molar-refractivity contribution in [3.05, 3.63) is 0 Å². The molecular weight excluding hydrogens is 214 g/mol. The smallest absolute Gasteiger partial charge is 0.303 e. The van der Waals surface area contributed by atoms with Crippen LogP contribution in [0.2, 0.25) is 0 Å². The Hall–Kier alpha value is -0.570. The van der Waals surface area contributed by atoms with Crippen LogP contribution in [0.15, 0.2) is 0 Å². The summed E-state index contributed by atoms with van der Waals surface area (Å²) < 4.78 is 0. The first-order valence-corrected chi connectivity index (χ1v) is 6.78. The highest BCUT2D eigenvalue weighted by molar-refractivity contribution is 5.67. The molecule has 3 heteroatoms. The van der Waals surface area contributed by atoms with Gasteiger partial charge in [0.25, 0.3) is 0 Å². The number of hydrogen-bond acceptors (Lipinski definition) is 2. The number of carboxylic acids is 1. The standard InChI is InChI=1S/C14H27NO2/c1-10(2)15-9-14(8-13(16)17)6-11(3)5-12(4)7-14/h10-12,15H,5-9H2,1-4H3,(H,16,17)/t11-,12+,14-. The number of carbonyl (C=O) groups is 1. The molecule has 1 aliphatic carbocycles. The molecule has 2 N–H and O–H groups in total. The Morgan fingerprint density at radius 2 is 1.88 bits per heavy atom. The second kappa shape index (κ2) is 5.85. The number of nitrogens with one attached hydrogen (secondary N) is 1. The zero-order valence-electron chi connectivity index (χ0n) is 11.6. The molecular formula is C14H27NO2. The first-order valence-electron chi connectivity index (χ1n) is 6.78. The number of carboxylic acid groups (broad SMARTS) is 1. The third-order valence-corrected chi connectivity index (χ3v) is 3.78. The van der Waals surface area contributed by atoms with Crippen LogP contribution < -0.4 is 5.32 Å². The Morgan fingerprint density at radius 1 is 1.35 bits per heavy atom. The molecule has 0 unspecified atom stereocenters. The van der Waals surface area contributed by atoms with E-state index in [2.05, 4.69) is 33.0 Å². The minimum atomic E-state index is -0.656. The molecule has 3 atom stereocenters. The maximum absolute atomic E-state index is 11.1. The molecule has 100 valence electrons. The topological polar surface area (TPSA) is 49.3 Å². The van der Waals surface area contributed by atoms with E-state index < -0.39 is 5.97 Å². The van der Waals surface area contributed by atoms with Crippen LogP contribution >= 0.6 is 0 Å². The van der Waals surface area contributed by atoms with Gasteiger partial charge in [-0.05, 0) is 36.5 Å². The van der Waals surface area contributed by atoms with Crippen molar-refractivity contribution in [3.8, 4) is 0 Å². The maximum atomic E-state index is 11.1. The van der Waals surface area contributed by atoms with Gasteiger partial charge in [-0.25, -0.2) is 0 Å². The summed E-state index contributed by atoms with van der Waals surface area (Å²) in [5, 5.41) is 12.6. The average Bonchev–Trinajstić information content (AvgIpc) is 2.11. The molecule has 0 bridgehead atoms. The molecule has 1 rings (SSSR count). The molecule has 1 aliphatic rings. The molecule has 0 aromatic carbocycles. The van der Waals surface area contributed by atoms with E-state index in [0.717, 1.165) is 19.4 Å². The molecule has 0 saturated heterocycles. The van der Waals surface area contributed by atoms with E-state index in [1.54, 1.807) is 0 Å². The third kappa shape index (κ3) is 4.66. The van der Waals surface area contributed by atoms with E-state index in [1.165, 1.54) is 6.42 Å². The summed E-state index contributed by atoms with van der Waals surface area (Å²) in [7, 11) is 0. The van der Waals surface area contributed by atoms with Crippen LogP contribution in [0.1, 0.15) is 53.4 Å². The lowest BCUT2D eigenvalue weighted by Crippen LogP contribution is -2.43. The van der Waals surface area contributed by atoms with E-state index in [1.807, 2.05) is 0 Å². The summed E-state index contributed by atoms with van der Waals surface area (Å²) in [6.07, 6.45) is 3.64. The zero-order chi connectivity index (χ0) is 13.1. The molecule has 3 nitrogen and oxygen atoms in total. The minimum absolute atomic E-state index is 0.0345. The summed E-state index contributed by atoms with van der Waals surface area (Å²) >= 11 is 0. The molecule has 17 heavy (non-hydrogen) atoms. The van der Waals surface area contributed by atoms with Crippen molar-refractivity contribution in [2.24, 2.45) is 17.3 Å². The molecule has 0 amide bonds. The van der Waals surface area contributed by atoms with Gasteiger partial charge in [0.05, 0.1) is 6.42 Å². The normalized spacial score (nSPS) is 33.9. The van der Waals surface area contributed by atoms with Crippen LogP contribution in [0.3, 0.4) is 0 Å². The van der Waals surface area contributed by atoms with Gasteiger partial charge < -0.3 is 10.4 Å². The average molecular weight is 241 g/mol. The van der Waals surface area contributed by atoms with Crippen molar-refractivity contribution in [1.82, 2.24) is 5.32 Å². The van der Waals surface area contributed by atoms with Crippen molar-refractivity contribution in [3.63, 3.8) is 0 Å². The highest BCUT2D eigenvalue weighted by Gasteiger charge is 2.39. The summed E-state index contributed by atoms with van der Waals surface area (Å²) in [6.45, 7) is 9.57. The first-order chi connectivity index (χ1) is 7.83. The van der Waals surface area contributed by atoms with Crippen molar-refractivity contribution in [2.75, 3.05) is 6.54 Å². The van der Waals surface area contributed by atoms with Crippen molar-refractivity contribution >= 4 is 5.97 Å². The van der Waals surface area contributed by atoms with Crippen LogP contribution in [-0.2, 0) is 4.79 Å². The SMILES string of the molecule is CC(C)NC[C@]1(CC(=O)O)C[C@H](C)C[C@H](C)C1. The Labute approximate surface area is 105 Å². The lowest BCUT2D eigenvalue weighted by molar-refractivity contribution is -0.141. The number of aliphatic carboxylic acids is 1.